The molecule has 5 rings (SSSR count). The number of rotatable bonds is 6. The van der Waals surface area contributed by atoms with Crippen LogP contribution in [0.25, 0.3) is 10.9 Å². The summed E-state index contributed by atoms with van der Waals surface area (Å²) in [5.41, 5.74) is 0.894. The second kappa shape index (κ2) is 9.13. The number of nitro benzene ring substituents is 1. The molecule has 0 unspecified atom stereocenters. The van der Waals surface area contributed by atoms with E-state index in [4.69, 9.17) is 4.98 Å². The molecule has 2 aliphatic rings. The number of para-hydroxylation sites is 1. The molecular formula is C25H23N5O5. The lowest BCUT2D eigenvalue weighted by molar-refractivity contribution is -0.384. The van der Waals surface area contributed by atoms with E-state index in [0.717, 1.165) is 27.7 Å². The number of nitro groups is 1. The van der Waals surface area contributed by atoms with Crippen molar-refractivity contribution in [1.29, 1.82) is 0 Å². The number of anilines is 1. The van der Waals surface area contributed by atoms with Crippen LogP contribution in [0.3, 0.4) is 0 Å². The van der Waals surface area contributed by atoms with Crippen molar-refractivity contribution in [2.45, 2.75) is 12.8 Å². The SMILES string of the molecule is O=C(CCCN1C(=O)c2ccc([N+](=O)[O-])cc2C1=O)N1CCN(c2ccc3ccccc3n2)CC1. The average molecular weight is 473 g/mol. The lowest BCUT2D eigenvalue weighted by Gasteiger charge is -2.35. The first-order valence-corrected chi connectivity index (χ1v) is 11.5. The van der Waals surface area contributed by atoms with Crippen LogP contribution in [0.15, 0.2) is 54.6 Å². The molecule has 178 valence electrons. The zero-order valence-corrected chi connectivity index (χ0v) is 18.9. The minimum atomic E-state index is -0.602. The first-order chi connectivity index (χ1) is 16.9. The molecule has 0 radical (unpaired) electrons. The molecule has 0 spiro atoms. The van der Waals surface area contributed by atoms with Gasteiger partial charge in [-0.25, -0.2) is 4.98 Å². The van der Waals surface area contributed by atoms with Crippen molar-refractivity contribution in [3.05, 3.63) is 75.8 Å². The lowest BCUT2D eigenvalue weighted by Crippen LogP contribution is -2.49. The van der Waals surface area contributed by atoms with Crippen LogP contribution in [0, 0.1) is 10.1 Å². The van der Waals surface area contributed by atoms with Gasteiger partial charge in [0.2, 0.25) is 5.91 Å². The largest absolute Gasteiger partial charge is 0.353 e. The number of piperazine rings is 1. The lowest BCUT2D eigenvalue weighted by atomic mass is 10.1. The fraction of sp³-hybridized carbons (Fsp3) is 0.280. The Hall–Kier alpha value is -4.34. The Kier molecular flexibility index (Phi) is 5.86. The second-order valence-corrected chi connectivity index (χ2v) is 8.58. The third-order valence-electron chi connectivity index (χ3n) is 6.48. The predicted molar refractivity (Wildman–Crippen MR) is 128 cm³/mol. The summed E-state index contributed by atoms with van der Waals surface area (Å²) in [6, 6.07) is 15.6. The molecule has 0 aliphatic carbocycles. The van der Waals surface area contributed by atoms with Crippen LogP contribution in [-0.4, -0.2) is 70.2 Å². The Morgan fingerprint density at radius 3 is 2.46 bits per heavy atom. The van der Waals surface area contributed by atoms with E-state index in [9.17, 15) is 24.5 Å². The number of carbonyl (C=O) groups excluding carboxylic acids is 3. The van der Waals surface area contributed by atoms with Gasteiger partial charge < -0.3 is 9.80 Å². The first kappa shape index (κ1) is 22.5. The second-order valence-electron chi connectivity index (χ2n) is 8.58. The number of hydrogen-bond acceptors (Lipinski definition) is 7. The van der Waals surface area contributed by atoms with Crippen LogP contribution < -0.4 is 4.90 Å². The number of fused-ring (bicyclic) bond motifs is 2. The molecule has 0 N–H and O–H groups in total. The van der Waals surface area contributed by atoms with E-state index >= 15 is 0 Å². The molecular weight excluding hydrogens is 450 g/mol. The fourth-order valence-corrected chi connectivity index (χ4v) is 4.56. The van der Waals surface area contributed by atoms with E-state index in [1.807, 2.05) is 36.4 Å². The highest BCUT2D eigenvalue weighted by Gasteiger charge is 2.36. The molecule has 1 fully saturated rings. The smallest absolute Gasteiger partial charge is 0.270 e. The van der Waals surface area contributed by atoms with E-state index in [2.05, 4.69) is 4.90 Å². The van der Waals surface area contributed by atoms with Crippen molar-refractivity contribution in [2.75, 3.05) is 37.6 Å². The molecule has 1 saturated heterocycles. The van der Waals surface area contributed by atoms with Gasteiger partial charge in [0.15, 0.2) is 0 Å². The molecule has 0 bridgehead atoms. The Morgan fingerprint density at radius 1 is 0.943 bits per heavy atom. The maximum absolute atomic E-state index is 12.7. The molecule has 0 atom stereocenters. The molecule has 10 nitrogen and oxygen atoms in total. The maximum atomic E-state index is 12.7. The van der Waals surface area contributed by atoms with Gasteiger partial charge in [0.1, 0.15) is 5.82 Å². The van der Waals surface area contributed by atoms with Gasteiger partial charge in [0.05, 0.1) is 21.6 Å². The summed E-state index contributed by atoms with van der Waals surface area (Å²) >= 11 is 0. The number of benzene rings is 2. The third-order valence-corrected chi connectivity index (χ3v) is 6.48. The summed E-state index contributed by atoms with van der Waals surface area (Å²) in [6.45, 7) is 2.59. The number of pyridine rings is 1. The molecule has 1 aromatic heterocycles. The molecule has 2 aliphatic heterocycles. The maximum Gasteiger partial charge on any atom is 0.270 e. The van der Waals surface area contributed by atoms with Crippen LogP contribution in [0.2, 0.25) is 0 Å². The number of amides is 3. The Morgan fingerprint density at radius 2 is 1.69 bits per heavy atom. The fourth-order valence-electron chi connectivity index (χ4n) is 4.56. The molecule has 10 heteroatoms. The number of aromatic nitrogens is 1. The van der Waals surface area contributed by atoms with E-state index in [1.54, 1.807) is 4.90 Å². The van der Waals surface area contributed by atoms with Crippen LogP contribution in [0.4, 0.5) is 11.5 Å². The standard InChI is InChI=1S/C25H23N5O5/c31-23(6-3-11-29-24(32)19-9-8-18(30(34)35)16-20(19)25(29)33)28-14-12-27(13-15-28)22-10-7-17-4-1-2-5-21(17)26-22/h1-2,4-5,7-10,16H,3,6,11-15H2. The quantitative estimate of drug-likeness (QED) is 0.307. The minimum Gasteiger partial charge on any atom is -0.353 e. The molecule has 3 amide bonds. The van der Waals surface area contributed by atoms with Gasteiger partial charge in [0.25, 0.3) is 17.5 Å². The monoisotopic (exact) mass is 473 g/mol. The van der Waals surface area contributed by atoms with Crippen LogP contribution in [-0.2, 0) is 4.79 Å². The number of imide groups is 1. The Balaban J connectivity index is 1.13. The summed E-state index contributed by atoms with van der Waals surface area (Å²) in [5, 5.41) is 12.1. The van der Waals surface area contributed by atoms with Gasteiger partial charge in [0, 0.05) is 56.7 Å². The summed E-state index contributed by atoms with van der Waals surface area (Å²) in [5.74, 6) is -0.175. The molecule has 3 heterocycles. The third kappa shape index (κ3) is 4.30. The molecule has 0 saturated carbocycles. The van der Waals surface area contributed by atoms with Crippen molar-refractivity contribution in [1.82, 2.24) is 14.8 Å². The number of nitrogens with zero attached hydrogens (tertiary/aromatic N) is 5. The topological polar surface area (TPSA) is 117 Å². The highest BCUT2D eigenvalue weighted by molar-refractivity contribution is 6.21. The number of carbonyl (C=O) groups is 3. The summed E-state index contributed by atoms with van der Waals surface area (Å²) in [6.07, 6.45) is 0.542. The normalized spacial score (nSPS) is 15.6. The predicted octanol–water partition coefficient (Wildman–Crippen LogP) is 2.87. The molecule has 35 heavy (non-hydrogen) atoms. The highest BCUT2D eigenvalue weighted by atomic mass is 16.6. The summed E-state index contributed by atoms with van der Waals surface area (Å²) in [4.78, 5) is 58.0. The zero-order chi connectivity index (χ0) is 24.5. The van der Waals surface area contributed by atoms with Crippen LogP contribution in [0.5, 0.6) is 0 Å². The summed E-state index contributed by atoms with van der Waals surface area (Å²) in [7, 11) is 0. The van der Waals surface area contributed by atoms with Gasteiger partial charge in [-0.2, -0.15) is 0 Å². The van der Waals surface area contributed by atoms with Crippen molar-refractivity contribution in [2.24, 2.45) is 0 Å². The summed E-state index contributed by atoms with van der Waals surface area (Å²) < 4.78 is 0. The Bertz CT molecular complexity index is 1350. The van der Waals surface area contributed by atoms with Crippen molar-refractivity contribution in [3.63, 3.8) is 0 Å². The zero-order valence-electron chi connectivity index (χ0n) is 18.9. The van der Waals surface area contributed by atoms with Crippen molar-refractivity contribution in [3.8, 4) is 0 Å². The van der Waals surface area contributed by atoms with Crippen LogP contribution in [0.1, 0.15) is 33.6 Å². The van der Waals surface area contributed by atoms with Gasteiger partial charge in [-0.15, -0.1) is 0 Å². The Labute approximate surface area is 200 Å². The van der Waals surface area contributed by atoms with E-state index in [1.165, 1.54) is 12.1 Å². The highest BCUT2D eigenvalue weighted by Crippen LogP contribution is 2.27. The average Bonchev–Trinajstić information content (AvgIpc) is 3.12. The minimum absolute atomic E-state index is 0.0247. The molecule has 2 aromatic carbocycles. The van der Waals surface area contributed by atoms with Crippen molar-refractivity contribution >= 4 is 40.1 Å². The van der Waals surface area contributed by atoms with E-state index in [0.29, 0.717) is 32.6 Å². The molecule has 3 aromatic rings. The van der Waals surface area contributed by atoms with Crippen LogP contribution >= 0.6 is 0 Å². The van der Waals surface area contributed by atoms with Crippen molar-refractivity contribution < 1.29 is 19.3 Å². The number of hydrogen-bond donors (Lipinski definition) is 0. The van der Waals surface area contributed by atoms with Gasteiger partial charge in [-0.05, 0) is 30.7 Å². The first-order valence-electron chi connectivity index (χ1n) is 11.5. The van der Waals surface area contributed by atoms with Gasteiger partial charge >= 0.3 is 0 Å². The van der Waals surface area contributed by atoms with Gasteiger partial charge in [-0.1, -0.05) is 18.2 Å². The van der Waals surface area contributed by atoms with E-state index < -0.39 is 16.7 Å². The van der Waals surface area contributed by atoms with Gasteiger partial charge in [-0.3, -0.25) is 29.4 Å². The number of non-ortho nitro benzene ring substituents is 1. The van der Waals surface area contributed by atoms with E-state index in [-0.39, 0.29) is 35.7 Å².